The van der Waals surface area contributed by atoms with Crippen LogP contribution in [0.4, 0.5) is 4.79 Å². The molecule has 3 amide bonds. The Kier molecular flexibility index (Phi) is 6.60. The van der Waals surface area contributed by atoms with Crippen molar-refractivity contribution in [3.63, 3.8) is 0 Å². The summed E-state index contributed by atoms with van der Waals surface area (Å²) >= 11 is 0. The van der Waals surface area contributed by atoms with Gasteiger partial charge >= 0.3 is 12.0 Å². The molecular weight excluding hydrogens is 312 g/mol. The number of hydrogen-bond donors (Lipinski definition) is 1. The van der Waals surface area contributed by atoms with E-state index in [4.69, 9.17) is 9.47 Å². The fraction of sp³-hybridized carbons (Fsp3) is 0.471. The minimum atomic E-state index is -0.611. The molecule has 0 atom stereocenters. The Balaban J connectivity index is 1.77. The van der Waals surface area contributed by atoms with Crippen molar-refractivity contribution >= 4 is 17.9 Å². The van der Waals surface area contributed by atoms with Crippen LogP contribution in [0.2, 0.25) is 0 Å². The topological polar surface area (TPSA) is 84.9 Å². The minimum absolute atomic E-state index is 0.291. The van der Waals surface area contributed by atoms with E-state index in [1.165, 1.54) is 0 Å². The molecule has 7 heteroatoms. The fourth-order valence-corrected chi connectivity index (χ4v) is 2.23. The van der Waals surface area contributed by atoms with Gasteiger partial charge in [-0.05, 0) is 30.7 Å². The van der Waals surface area contributed by atoms with Gasteiger partial charge in [-0.15, -0.1) is 0 Å². The SMILES string of the molecule is CCCCCOc1ccc(C(=O)OCC(=O)N2CCNC2=O)cc1. The molecule has 0 radical (unpaired) electrons. The number of benzene rings is 1. The van der Waals surface area contributed by atoms with Crippen LogP contribution in [0.1, 0.15) is 36.5 Å². The lowest BCUT2D eigenvalue weighted by Gasteiger charge is -2.12. The molecular formula is C17H22N2O5. The maximum Gasteiger partial charge on any atom is 0.338 e. The third-order valence-electron chi connectivity index (χ3n) is 3.59. The first-order valence-electron chi connectivity index (χ1n) is 8.10. The van der Waals surface area contributed by atoms with E-state index < -0.39 is 24.5 Å². The summed E-state index contributed by atoms with van der Waals surface area (Å²) in [6.07, 6.45) is 3.24. The van der Waals surface area contributed by atoms with Gasteiger partial charge in [-0.3, -0.25) is 9.69 Å². The molecule has 1 aliphatic heterocycles. The monoisotopic (exact) mass is 334 g/mol. The van der Waals surface area contributed by atoms with E-state index in [9.17, 15) is 14.4 Å². The van der Waals surface area contributed by atoms with Crippen LogP contribution in [0, 0.1) is 0 Å². The van der Waals surface area contributed by atoms with Gasteiger partial charge in [-0.2, -0.15) is 0 Å². The maximum atomic E-state index is 11.9. The lowest BCUT2D eigenvalue weighted by molar-refractivity contribution is -0.130. The Labute approximate surface area is 140 Å². The Bertz CT molecular complexity index is 585. The molecule has 2 rings (SSSR count). The summed E-state index contributed by atoms with van der Waals surface area (Å²) in [5, 5.41) is 2.51. The van der Waals surface area contributed by atoms with E-state index in [2.05, 4.69) is 12.2 Å². The normalized spacial score (nSPS) is 13.5. The van der Waals surface area contributed by atoms with Gasteiger partial charge in [0.15, 0.2) is 6.61 Å². The summed E-state index contributed by atoms with van der Waals surface area (Å²) in [6, 6.07) is 6.10. The van der Waals surface area contributed by atoms with Crippen LogP contribution in [0.3, 0.4) is 0 Å². The Morgan fingerprint density at radius 3 is 2.58 bits per heavy atom. The van der Waals surface area contributed by atoms with Gasteiger partial charge in [0.1, 0.15) is 5.75 Å². The second-order valence-electron chi connectivity index (χ2n) is 5.43. The van der Waals surface area contributed by atoms with Crippen molar-refractivity contribution in [1.82, 2.24) is 10.2 Å². The van der Waals surface area contributed by atoms with Gasteiger partial charge in [-0.1, -0.05) is 19.8 Å². The number of unbranched alkanes of at least 4 members (excludes halogenated alkanes) is 2. The van der Waals surface area contributed by atoms with Crippen molar-refractivity contribution in [2.24, 2.45) is 0 Å². The number of nitrogens with zero attached hydrogens (tertiary/aromatic N) is 1. The predicted octanol–water partition coefficient (Wildman–Crippen LogP) is 1.96. The van der Waals surface area contributed by atoms with Crippen LogP contribution in [0.25, 0.3) is 0 Å². The lowest BCUT2D eigenvalue weighted by atomic mass is 10.2. The van der Waals surface area contributed by atoms with Gasteiger partial charge in [-0.25, -0.2) is 9.59 Å². The number of imide groups is 1. The number of nitrogens with one attached hydrogen (secondary N) is 1. The third kappa shape index (κ3) is 4.97. The van der Waals surface area contributed by atoms with Crippen LogP contribution < -0.4 is 10.1 Å². The predicted molar refractivity (Wildman–Crippen MR) is 86.9 cm³/mol. The van der Waals surface area contributed by atoms with Crippen molar-refractivity contribution in [3.05, 3.63) is 29.8 Å². The molecule has 1 heterocycles. The molecule has 130 valence electrons. The molecule has 1 N–H and O–H groups in total. The summed E-state index contributed by atoms with van der Waals surface area (Å²) in [5.74, 6) is -0.456. The number of carbonyl (C=O) groups is 3. The van der Waals surface area contributed by atoms with Gasteiger partial charge in [0.25, 0.3) is 5.91 Å². The van der Waals surface area contributed by atoms with Gasteiger partial charge in [0.05, 0.1) is 12.2 Å². The molecule has 0 spiro atoms. The van der Waals surface area contributed by atoms with Crippen LogP contribution in [0.15, 0.2) is 24.3 Å². The zero-order valence-corrected chi connectivity index (χ0v) is 13.7. The molecule has 1 saturated heterocycles. The van der Waals surface area contributed by atoms with E-state index in [0.717, 1.165) is 24.2 Å². The summed E-state index contributed by atoms with van der Waals surface area (Å²) in [7, 11) is 0. The van der Waals surface area contributed by atoms with Crippen LogP contribution in [-0.4, -0.2) is 49.1 Å². The van der Waals surface area contributed by atoms with Crippen molar-refractivity contribution in [2.45, 2.75) is 26.2 Å². The Morgan fingerprint density at radius 1 is 1.21 bits per heavy atom. The van der Waals surface area contributed by atoms with Crippen molar-refractivity contribution < 1.29 is 23.9 Å². The first-order valence-corrected chi connectivity index (χ1v) is 8.10. The largest absolute Gasteiger partial charge is 0.494 e. The first kappa shape index (κ1) is 17.8. The zero-order chi connectivity index (χ0) is 17.4. The molecule has 0 unspecified atom stereocenters. The van der Waals surface area contributed by atoms with Crippen molar-refractivity contribution in [1.29, 1.82) is 0 Å². The average Bonchev–Trinajstić information content (AvgIpc) is 3.03. The second kappa shape index (κ2) is 8.90. The summed E-state index contributed by atoms with van der Waals surface area (Å²) < 4.78 is 10.5. The van der Waals surface area contributed by atoms with Gasteiger partial charge < -0.3 is 14.8 Å². The molecule has 0 bridgehead atoms. The van der Waals surface area contributed by atoms with Gasteiger partial charge in [0.2, 0.25) is 0 Å². The molecule has 0 aliphatic carbocycles. The average molecular weight is 334 g/mol. The van der Waals surface area contributed by atoms with Crippen LogP contribution in [0.5, 0.6) is 5.75 Å². The van der Waals surface area contributed by atoms with Crippen LogP contribution in [-0.2, 0) is 9.53 Å². The Hall–Kier alpha value is -2.57. The highest BCUT2D eigenvalue weighted by Gasteiger charge is 2.26. The quantitative estimate of drug-likeness (QED) is 0.580. The van der Waals surface area contributed by atoms with E-state index in [-0.39, 0.29) is 0 Å². The molecule has 0 saturated carbocycles. The minimum Gasteiger partial charge on any atom is -0.494 e. The molecule has 0 aromatic heterocycles. The summed E-state index contributed by atoms with van der Waals surface area (Å²) in [4.78, 5) is 36.1. The Morgan fingerprint density at radius 2 is 1.96 bits per heavy atom. The number of hydrogen-bond acceptors (Lipinski definition) is 5. The maximum absolute atomic E-state index is 11.9. The molecule has 1 aromatic carbocycles. The second-order valence-corrected chi connectivity index (χ2v) is 5.43. The number of carbonyl (C=O) groups excluding carboxylic acids is 3. The highest BCUT2D eigenvalue weighted by atomic mass is 16.5. The molecule has 7 nitrogen and oxygen atoms in total. The van der Waals surface area contributed by atoms with E-state index in [1.54, 1.807) is 24.3 Å². The van der Waals surface area contributed by atoms with Crippen molar-refractivity contribution in [2.75, 3.05) is 26.3 Å². The molecule has 1 fully saturated rings. The van der Waals surface area contributed by atoms with Crippen molar-refractivity contribution in [3.8, 4) is 5.75 Å². The number of urea groups is 1. The smallest absolute Gasteiger partial charge is 0.338 e. The highest BCUT2D eigenvalue weighted by Crippen LogP contribution is 2.14. The molecule has 1 aliphatic rings. The highest BCUT2D eigenvalue weighted by molar-refractivity contribution is 5.98. The summed E-state index contributed by atoms with van der Waals surface area (Å²) in [5.41, 5.74) is 0.328. The number of ether oxygens (including phenoxy) is 2. The zero-order valence-electron chi connectivity index (χ0n) is 13.7. The first-order chi connectivity index (χ1) is 11.6. The molecule has 24 heavy (non-hydrogen) atoms. The number of esters is 1. The lowest BCUT2D eigenvalue weighted by Crippen LogP contribution is -2.37. The van der Waals surface area contributed by atoms with Gasteiger partial charge in [0, 0.05) is 13.1 Å². The standard InChI is InChI=1S/C17H22N2O5/c1-2-3-4-11-23-14-7-5-13(6-8-14)16(21)24-12-15(20)19-10-9-18-17(19)22/h5-8H,2-4,9-12H2,1H3,(H,18,22). The van der Waals surface area contributed by atoms with Crippen LogP contribution >= 0.6 is 0 Å². The third-order valence-corrected chi connectivity index (χ3v) is 3.59. The number of rotatable bonds is 8. The summed E-state index contributed by atoms with van der Waals surface area (Å²) in [6.45, 7) is 3.02. The van der Waals surface area contributed by atoms with E-state index in [1.807, 2.05) is 0 Å². The van der Waals surface area contributed by atoms with E-state index >= 15 is 0 Å². The molecule has 1 aromatic rings. The fourth-order valence-electron chi connectivity index (χ4n) is 2.23. The van der Waals surface area contributed by atoms with E-state index in [0.29, 0.717) is 31.0 Å². The number of amides is 3.